The Bertz CT molecular complexity index is 375. The summed E-state index contributed by atoms with van der Waals surface area (Å²) in [6.45, 7) is 9.62. The van der Waals surface area contributed by atoms with E-state index < -0.39 is 8.80 Å². The van der Waals surface area contributed by atoms with Gasteiger partial charge in [0.15, 0.2) is 0 Å². The van der Waals surface area contributed by atoms with Gasteiger partial charge in [0.25, 0.3) is 0 Å². The first-order valence-electron chi connectivity index (χ1n) is 7.52. The standard InChI is InChI=1S/C14H26ClNO3SSi/c1-4-17-21(18-5-2,19-6-3)11-7-10-16-12-13-8-9-14(15)20-13/h8-9,16H,4-7,10-12H2,1-3H3. The molecule has 21 heavy (non-hydrogen) atoms. The van der Waals surface area contributed by atoms with Crippen molar-refractivity contribution in [3.05, 3.63) is 21.3 Å². The molecule has 1 aromatic heterocycles. The summed E-state index contributed by atoms with van der Waals surface area (Å²) in [5, 5.41) is 3.42. The summed E-state index contributed by atoms with van der Waals surface area (Å²) < 4.78 is 18.3. The van der Waals surface area contributed by atoms with Crippen LogP contribution in [0.25, 0.3) is 0 Å². The van der Waals surface area contributed by atoms with Gasteiger partial charge in [0.2, 0.25) is 0 Å². The second kappa shape index (κ2) is 10.7. The first kappa shape index (κ1) is 19.1. The van der Waals surface area contributed by atoms with Crippen LogP contribution in [0.5, 0.6) is 0 Å². The van der Waals surface area contributed by atoms with E-state index in [0.717, 1.165) is 29.9 Å². The highest BCUT2D eigenvalue weighted by Gasteiger charge is 2.39. The van der Waals surface area contributed by atoms with E-state index in [-0.39, 0.29) is 0 Å². The number of rotatable bonds is 12. The Morgan fingerprint density at radius 1 is 1.10 bits per heavy atom. The van der Waals surface area contributed by atoms with Gasteiger partial charge in [-0.05, 0) is 45.9 Å². The summed E-state index contributed by atoms with van der Waals surface area (Å²) in [6, 6.07) is 4.83. The molecule has 1 rings (SSSR count). The van der Waals surface area contributed by atoms with E-state index in [1.54, 1.807) is 11.3 Å². The van der Waals surface area contributed by atoms with Crippen molar-refractivity contribution in [1.29, 1.82) is 0 Å². The Hall–Kier alpha value is 0.0469. The molecule has 1 aromatic rings. The van der Waals surface area contributed by atoms with Crippen LogP contribution in [0.2, 0.25) is 10.4 Å². The molecule has 0 bridgehead atoms. The predicted molar refractivity (Wildman–Crippen MR) is 91.1 cm³/mol. The zero-order chi connectivity index (χ0) is 15.6. The topological polar surface area (TPSA) is 39.7 Å². The van der Waals surface area contributed by atoms with Crippen molar-refractivity contribution >= 4 is 31.7 Å². The van der Waals surface area contributed by atoms with E-state index >= 15 is 0 Å². The maximum atomic E-state index is 5.91. The van der Waals surface area contributed by atoms with Gasteiger partial charge in [0, 0.05) is 37.3 Å². The molecule has 0 unspecified atom stereocenters. The number of hydrogen-bond acceptors (Lipinski definition) is 5. The first-order chi connectivity index (χ1) is 10.2. The third-order valence-electron chi connectivity index (χ3n) is 2.86. The third kappa shape index (κ3) is 7.23. The Morgan fingerprint density at radius 3 is 2.19 bits per heavy atom. The minimum Gasteiger partial charge on any atom is -0.374 e. The summed E-state index contributed by atoms with van der Waals surface area (Å²) in [5.41, 5.74) is 0. The maximum Gasteiger partial charge on any atom is 0.500 e. The zero-order valence-electron chi connectivity index (χ0n) is 13.1. The van der Waals surface area contributed by atoms with Crippen LogP contribution in [0.1, 0.15) is 32.1 Å². The average Bonchev–Trinajstić information content (AvgIpc) is 2.85. The minimum atomic E-state index is -2.48. The zero-order valence-corrected chi connectivity index (χ0v) is 15.7. The SMILES string of the molecule is CCO[Si](CCCNCc1ccc(Cl)s1)(OCC)OCC. The molecule has 4 nitrogen and oxygen atoms in total. The van der Waals surface area contributed by atoms with Gasteiger partial charge in [0.1, 0.15) is 0 Å². The molecular formula is C14H26ClNO3SSi. The van der Waals surface area contributed by atoms with Gasteiger partial charge in [-0.15, -0.1) is 11.3 Å². The van der Waals surface area contributed by atoms with E-state index in [4.69, 9.17) is 24.9 Å². The molecular weight excluding hydrogens is 326 g/mol. The molecule has 0 saturated carbocycles. The smallest absolute Gasteiger partial charge is 0.374 e. The van der Waals surface area contributed by atoms with Crippen LogP contribution in [0, 0.1) is 0 Å². The molecule has 0 amide bonds. The maximum absolute atomic E-state index is 5.91. The van der Waals surface area contributed by atoms with Crippen molar-refractivity contribution in [2.45, 2.75) is 39.8 Å². The van der Waals surface area contributed by atoms with Gasteiger partial charge in [-0.2, -0.15) is 0 Å². The molecule has 0 aliphatic rings. The molecule has 0 spiro atoms. The van der Waals surface area contributed by atoms with Crippen molar-refractivity contribution in [2.75, 3.05) is 26.4 Å². The van der Waals surface area contributed by atoms with Crippen LogP contribution in [0.4, 0.5) is 0 Å². The van der Waals surface area contributed by atoms with Crippen molar-refractivity contribution in [1.82, 2.24) is 5.32 Å². The fourth-order valence-electron chi connectivity index (χ4n) is 2.09. The summed E-state index contributed by atoms with van der Waals surface area (Å²) in [5.74, 6) is 0. The highest BCUT2D eigenvalue weighted by atomic mass is 35.5. The van der Waals surface area contributed by atoms with E-state index in [1.807, 2.05) is 26.8 Å². The Balaban J connectivity index is 2.31. The third-order valence-corrected chi connectivity index (χ3v) is 7.24. The fraction of sp³-hybridized carbons (Fsp3) is 0.714. The molecule has 1 heterocycles. The lowest BCUT2D eigenvalue weighted by atomic mass is 10.4. The molecule has 7 heteroatoms. The predicted octanol–water partition coefficient (Wildman–Crippen LogP) is 3.93. The van der Waals surface area contributed by atoms with Gasteiger partial charge >= 0.3 is 8.80 Å². The molecule has 0 radical (unpaired) electrons. The molecule has 122 valence electrons. The summed E-state index contributed by atoms with van der Waals surface area (Å²) in [7, 11) is -2.48. The Kier molecular flexibility index (Phi) is 9.75. The van der Waals surface area contributed by atoms with Gasteiger partial charge in [0.05, 0.1) is 4.34 Å². The van der Waals surface area contributed by atoms with Crippen molar-refractivity contribution in [3.63, 3.8) is 0 Å². The van der Waals surface area contributed by atoms with Gasteiger partial charge < -0.3 is 18.6 Å². The highest BCUT2D eigenvalue weighted by Crippen LogP contribution is 2.21. The average molecular weight is 352 g/mol. The van der Waals surface area contributed by atoms with E-state index in [0.29, 0.717) is 19.8 Å². The van der Waals surface area contributed by atoms with Gasteiger partial charge in [-0.25, -0.2) is 0 Å². The molecule has 1 N–H and O–H groups in total. The molecule has 0 saturated heterocycles. The van der Waals surface area contributed by atoms with Crippen molar-refractivity contribution in [2.24, 2.45) is 0 Å². The van der Waals surface area contributed by atoms with E-state index in [9.17, 15) is 0 Å². The van der Waals surface area contributed by atoms with Crippen molar-refractivity contribution in [3.8, 4) is 0 Å². The summed E-state index contributed by atoms with van der Waals surface area (Å²) >= 11 is 7.52. The van der Waals surface area contributed by atoms with Crippen LogP contribution < -0.4 is 5.32 Å². The lowest BCUT2D eigenvalue weighted by Crippen LogP contribution is -2.46. The second-order valence-corrected chi connectivity index (χ2v) is 9.00. The normalized spacial score (nSPS) is 12.0. The second-order valence-electron chi connectivity index (χ2n) is 4.47. The summed E-state index contributed by atoms with van der Waals surface area (Å²) in [6.07, 6.45) is 0.978. The van der Waals surface area contributed by atoms with Gasteiger partial charge in [-0.3, -0.25) is 0 Å². The monoisotopic (exact) mass is 351 g/mol. The lowest BCUT2D eigenvalue weighted by molar-refractivity contribution is 0.0708. The van der Waals surface area contributed by atoms with Crippen LogP contribution in [-0.2, 0) is 19.8 Å². The number of thiophene rings is 1. The van der Waals surface area contributed by atoms with Gasteiger partial charge in [-0.1, -0.05) is 11.6 Å². The van der Waals surface area contributed by atoms with Crippen LogP contribution in [0.3, 0.4) is 0 Å². The van der Waals surface area contributed by atoms with Crippen LogP contribution >= 0.6 is 22.9 Å². The minimum absolute atomic E-state index is 0.632. The molecule has 0 aromatic carbocycles. The highest BCUT2D eigenvalue weighted by molar-refractivity contribution is 7.16. The summed E-state index contributed by atoms with van der Waals surface area (Å²) in [4.78, 5) is 1.25. The number of hydrogen-bond donors (Lipinski definition) is 1. The molecule has 0 aliphatic carbocycles. The molecule has 0 atom stereocenters. The fourth-order valence-corrected chi connectivity index (χ4v) is 5.76. The van der Waals surface area contributed by atoms with Crippen molar-refractivity contribution < 1.29 is 13.3 Å². The van der Waals surface area contributed by atoms with E-state index in [1.165, 1.54) is 4.88 Å². The lowest BCUT2D eigenvalue weighted by Gasteiger charge is -2.28. The quantitative estimate of drug-likeness (QED) is 0.457. The largest absolute Gasteiger partial charge is 0.500 e. The van der Waals surface area contributed by atoms with E-state index in [2.05, 4.69) is 11.4 Å². The van der Waals surface area contributed by atoms with Crippen LogP contribution in [0.15, 0.2) is 12.1 Å². The number of nitrogens with one attached hydrogen (secondary N) is 1. The Morgan fingerprint density at radius 2 is 1.71 bits per heavy atom. The van der Waals surface area contributed by atoms with Crippen LogP contribution in [-0.4, -0.2) is 35.2 Å². The molecule has 0 aliphatic heterocycles. The first-order valence-corrected chi connectivity index (χ1v) is 10.6. The Labute approximate surface area is 138 Å². The molecule has 0 fully saturated rings. The number of halogens is 1.